The van der Waals surface area contributed by atoms with E-state index >= 15 is 0 Å². The number of sulfone groups is 1. The van der Waals surface area contributed by atoms with Crippen LogP contribution in [0.5, 0.6) is 0 Å². The molecule has 1 aliphatic heterocycles. The average Bonchev–Trinajstić information content (AvgIpc) is 2.62. The van der Waals surface area contributed by atoms with E-state index in [1.165, 1.54) is 19.1 Å². The fraction of sp³-hybridized carbons (Fsp3) is 0.444. The number of hydrogen-bond acceptors (Lipinski definition) is 7. The summed E-state index contributed by atoms with van der Waals surface area (Å²) in [5, 5.41) is 6.58. The van der Waals surface area contributed by atoms with E-state index in [1.54, 1.807) is 30.6 Å². The van der Waals surface area contributed by atoms with Crippen molar-refractivity contribution in [2.24, 2.45) is 5.92 Å². The molecule has 0 saturated carbocycles. The topological polar surface area (TPSA) is 87.2 Å². The Balaban J connectivity index is 1.66. The van der Waals surface area contributed by atoms with Crippen LogP contribution in [0.3, 0.4) is 0 Å². The predicted octanol–water partition coefficient (Wildman–Crippen LogP) is 2.06. The Morgan fingerprint density at radius 1 is 1.19 bits per heavy atom. The minimum atomic E-state index is -3.19. The first-order valence-corrected chi connectivity index (χ1v) is 10.6. The van der Waals surface area contributed by atoms with Crippen molar-refractivity contribution in [2.75, 3.05) is 43.2 Å². The van der Waals surface area contributed by atoms with E-state index in [1.807, 2.05) is 6.07 Å². The van der Waals surface area contributed by atoms with Crippen LogP contribution in [-0.2, 0) is 9.84 Å². The van der Waals surface area contributed by atoms with Gasteiger partial charge in [-0.3, -0.25) is 0 Å². The summed E-state index contributed by atoms with van der Waals surface area (Å²) in [6.45, 7) is 3.14. The van der Waals surface area contributed by atoms with Gasteiger partial charge in [-0.2, -0.15) is 0 Å². The van der Waals surface area contributed by atoms with Crippen molar-refractivity contribution < 1.29 is 8.42 Å². The first-order valence-electron chi connectivity index (χ1n) is 8.73. The maximum atomic E-state index is 11.5. The zero-order valence-corrected chi connectivity index (χ0v) is 16.0. The highest BCUT2D eigenvalue weighted by Gasteiger charge is 2.16. The van der Waals surface area contributed by atoms with Gasteiger partial charge in [-0.1, -0.05) is 0 Å². The van der Waals surface area contributed by atoms with E-state index < -0.39 is 9.84 Å². The molecule has 0 atom stereocenters. The molecule has 1 saturated heterocycles. The van der Waals surface area contributed by atoms with Crippen LogP contribution in [0.25, 0.3) is 0 Å². The molecule has 1 aliphatic rings. The third-order valence-electron chi connectivity index (χ3n) is 4.59. The quantitative estimate of drug-likeness (QED) is 0.799. The summed E-state index contributed by atoms with van der Waals surface area (Å²) in [4.78, 5) is 11.1. The van der Waals surface area contributed by atoms with E-state index in [4.69, 9.17) is 0 Å². The molecule has 0 aliphatic carbocycles. The summed E-state index contributed by atoms with van der Waals surface area (Å²) in [5.74, 6) is 2.23. The molecule has 2 heterocycles. The molecular weight excluding hydrogens is 350 g/mol. The monoisotopic (exact) mass is 375 g/mol. The van der Waals surface area contributed by atoms with Crippen molar-refractivity contribution >= 4 is 27.2 Å². The van der Waals surface area contributed by atoms with Gasteiger partial charge in [0.15, 0.2) is 9.84 Å². The van der Waals surface area contributed by atoms with Gasteiger partial charge in [0, 0.05) is 31.6 Å². The molecule has 8 heteroatoms. The summed E-state index contributed by atoms with van der Waals surface area (Å²) in [7, 11) is -1.14. The smallest absolute Gasteiger partial charge is 0.175 e. The maximum Gasteiger partial charge on any atom is 0.175 e. The van der Waals surface area contributed by atoms with Gasteiger partial charge in [-0.15, -0.1) is 0 Å². The lowest BCUT2D eigenvalue weighted by Crippen LogP contribution is -2.34. The fourth-order valence-electron chi connectivity index (χ4n) is 3.10. The lowest BCUT2D eigenvalue weighted by atomic mass is 9.98. The van der Waals surface area contributed by atoms with Gasteiger partial charge in [0.05, 0.1) is 4.90 Å². The molecule has 26 heavy (non-hydrogen) atoms. The first kappa shape index (κ1) is 18.6. The van der Waals surface area contributed by atoms with Crippen LogP contribution in [0.2, 0.25) is 0 Å². The molecule has 140 valence electrons. The number of nitrogens with one attached hydrogen (secondary N) is 2. The molecule has 0 radical (unpaired) electrons. The molecule has 3 rings (SSSR count). The second kappa shape index (κ2) is 8.01. The van der Waals surface area contributed by atoms with Gasteiger partial charge in [-0.25, -0.2) is 18.4 Å². The van der Waals surface area contributed by atoms with E-state index in [2.05, 4.69) is 32.5 Å². The van der Waals surface area contributed by atoms with Crippen molar-refractivity contribution in [3.63, 3.8) is 0 Å². The summed E-state index contributed by atoms with van der Waals surface area (Å²) in [5.41, 5.74) is 0.781. The Morgan fingerprint density at radius 2 is 1.88 bits per heavy atom. The highest BCUT2D eigenvalue weighted by Crippen LogP contribution is 2.21. The van der Waals surface area contributed by atoms with E-state index in [0.29, 0.717) is 16.6 Å². The molecule has 0 unspecified atom stereocenters. The third kappa shape index (κ3) is 4.92. The fourth-order valence-corrected chi connectivity index (χ4v) is 3.73. The van der Waals surface area contributed by atoms with Crippen LogP contribution in [0, 0.1) is 5.92 Å². The second-order valence-electron chi connectivity index (χ2n) is 6.76. The molecular formula is C18H25N5O2S. The van der Waals surface area contributed by atoms with Gasteiger partial charge in [0.25, 0.3) is 0 Å². The minimum absolute atomic E-state index is 0.299. The lowest BCUT2D eigenvalue weighted by Gasteiger charge is -2.28. The Morgan fingerprint density at radius 3 is 2.54 bits per heavy atom. The number of benzene rings is 1. The molecule has 0 bridgehead atoms. The summed E-state index contributed by atoms with van der Waals surface area (Å²) >= 11 is 0. The molecule has 1 aromatic carbocycles. The van der Waals surface area contributed by atoms with Crippen molar-refractivity contribution in [3.8, 4) is 0 Å². The van der Waals surface area contributed by atoms with E-state index in [9.17, 15) is 8.42 Å². The molecule has 0 amide bonds. The minimum Gasteiger partial charge on any atom is -0.359 e. The van der Waals surface area contributed by atoms with Crippen LogP contribution in [-0.4, -0.2) is 51.3 Å². The maximum absolute atomic E-state index is 11.5. The molecule has 1 fully saturated rings. The third-order valence-corrected chi connectivity index (χ3v) is 5.72. The van der Waals surface area contributed by atoms with Gasteiger partial charge in [0.1, 0.15) is 18.0 Å². The number of rotatable bonds is 6. The second-order valence-corrected chi connectivity index (χ2v) is 8.77. The van der Waals surface area contributed by atoms with Gasteiger partial charge in [0.2, 0.25) is 0 Å². The highest BCUT2D eigenvalue weighted by molar-refractivity contribution is 7.90. The number of anilines is 3. The largest absolute Gasteiger partial charge is 0.359 e. The molecule has 7 nitrogen and oxygen atoms in total. The van der Waals surface area contributed by atoms with Crippen molar-refractivity contribution in [1.29, 1.82) is 0 Å². The van der Waals surface area contributed by atoms with Crippen molar-refractivity contribution in [3.05, 3.63) is 36.7 Å². The zero-order valence-electron chi connectivity index (χ0n) is 15.1. The molecule has 2 aromatic rings. The van der Waals surface area contributed by atoms with Gasteiger partial charge < -0.3 is 15.5 Å². The number of nitrogens with zero attached hydrogens (tertiary/aromatic N) is 3. The average molecular weight is 375 g/mol. The van der Waals surface area contributed by atoms with E-state index in [-0.39, 0.29) is 0 Å². The number of piperidine rings is 1. The molecule has 2 N–H and O–H groups in total. The first-order chi connectivity index (χ1) is 12.4. The van der Waals surface area contributed by atoms with Crippen LogP contribution < -0.4 is 15.5 Å². The zero-order chi connectivity index (χ0) is 18.6. The molecule has 0 spiro atoms. The van der Waals surface area contributed by atoms with Crippen molar-refractivity contribution in [1.82, 2.24) is 15.3 Å². The SMILES string of the molecule is CN(CC1CCNCC1)c1cc(Nc2ccc(S(C)(=O)=O)cc2)ncn1. The normalized spacial score (nSPS) is 15.6. The van der Waals surface area contributed by atoms with Crippen LogP contribution in [0.1, 0.15) is 12.8 Å². The van der Waals surface area contributed by atoms with E-state index in [0.717, 1.165) is 31.1 Å². The summed E-state index contributed by atoms with van der Waals surface area (Å²) in [6.07, 6.45) is 5.12. The number of aromatic nitrogens is 2. The van der Waals surface area contributed by atoms with Gasteiger partial charge in [-0.05, 0) is 56.1 Å². The highest BCUT2D eigenvalue weighted by atomic mass is 32.2. The predicted molar refractivity (Wildman–Crippen MR) is 104 cm³/mol. The van der Waals surface area contributed by atoms with Crippen molar-refractivity contribution in [2.45, 2.75) is 17.7 Å². The molecule has 1 aromatic heterocycles. The van der Waals surface area contributed by atoms with Crippen LogP contribution in [0.4, 0.5) is 17.3 Å². The summed E-state index contributed by atoms with van der Waals surface area (Å²) < 4.78 is 23.1. The van der Waals surface area contributed by atoms with Crippen LogP contribution in [0.15, 0.2) is 41.6 Å². The lowest BCUT2D eigenvalue weighted by molar-refractivity contribution is 0.377. The summed E-state index contributed by atoms with van der Waals surface area (Å²) in [6, 6.07) is 8.55. The Kier molecular flexibility index (Phi) is 5.73. The standard InChI is InChI=1S/C18H25N5O2S/c1-23(12-14-7-9-19-10-8-14)18-11-17(20-13-21-18)22-15-3-5-16(6-4-15)26(2,24)25/h3-6,11,13-14,19H,7-10,12H2,1-2H3,(H,20,21,22). The Bertz CT molecular complexity index is 833. The Hall–Kier alpha value is -2.19. The Labute approximate surface area is 154 Å². The number of hydrogen-bond donors (Lipinski definition) is 2. The van der Waals surface area contributed by atoms with Gasteiger partial charge >= 0.3 is 0 Å². The van der Waals surface area contributed by atoms with Crippen LogP contribution >= 0.6 is 0 Å².